The van der Waals surface area contributed by atoms with E-state index in [1.54, 1.807) is 36.4 Å². The maximum Gasteiger partial charge on any atom is 0.524 e. The zero-order chi connectivity index (χ0) is 25.3. The third-order valence-electron chi connectivity index (χ3n) is 5.12. The number of benzene rings is 2. The molecular formula is C23H29N4O7P. The number of ether oxygens (including phenoxy) is 2. The number of nitrogens with one attached hydrogen (secondary N) is 3. The molecule has 35 heavy (non-hydrogen) atoms. The van der Waals surface area contributed by atoms with Crippen LogP contribution in [-0.2, 0) is 9.09 Å². The first-order valence-electron chi connectivity index (χ1n) is 11.0. The number of phosphoric acid groups is 1. The minimum absolute atomic E-state index is 0.101. The third-order valence-corrected chi connectivity index (χ3v) is 5.52. The number of amides is 1. The Morgan fingerprint density at radius 1 is 1.17 bits per heavy atom. The molecule has 1 fully saturated rings. The van der Waals surface area contributed by atoms with Crippen LogP contribution in [0.4, 0.5) is 0 Å². The summed E-state index contributed by atoms with van der Waals surface area (Å²) in [6.07, 6.45) is 4.25. The van der Waals surface area contributed by atoms with Gasteiger partial charge in [-0.3, -0.25) is 20.0 Å². The van der Waals surface area contributed by atoms with Gasteiger partial charge in [0.05, 0.1) is 12.8 Å². The second-order valence-electron chi connectivity index (χ2n) is 7.76. The number of phosphoric ester groups is 1. The Labute approximate surface area is 203 Å². The summed E-state index contributed by atoms with van der Waals surface area (Å²) in [7, 11) is -4.66. The second-order valence-corrected chi connectivity index (χ2v) is 8.95. The smallest absolute Gasteiger partial charge is 0.491 e. The molecule has 3 rings (SSSR count). The summed E-state index contributed by atoms with van der Waals surface area (Å²) in [5.41, 5.74) is 6.86. The molecule has 0 spiro atoms. The van der Waals surface area contributed by atoms with E-state index in [0.717, 1.165) is 37.9 Å². The number of carbonyl (C=O) groups is 1. The van der Waals surface area contributed by atoms with Gasteiger partial charge < -0.3 is 30.4 Å². The van der Waals surface area contributed by atoms with Crippen molar-refractivity contribution in [1.29, 1.82) is 5.41 Å². The fraction of sp³-hybridized carbons (Fsp3) is 0.304. The number of amidine groups is 1. The molecule has 0 aromatic heterocycles. The Hall–Kier alpha value is -3.37. The van der Waals surface area contributed by atoms with E-state index in [2.05, 4.69) is 15.2 Å². The van der Waals surface area contributed by atoms with E-state index in [0.29, 0.717) is 22.4 Å². The van der Waals surface area contributed by atoms with Crippen LogP contribution >= 0.6 is 7.82 Å². The van der Waals surface area contributed by atoms with Crippen molar-refractivity contribution in [2.24, 2.45) is 5.73 Å². The zero-order valence-electron chi connectivity index (χ0n) is 19.0. The van der Waals surface area contributed by atoms with Crippen molar-refractivity contribution in [3.63, 3.8) is 0 Å². The van der Waals surface area contributed by atoms with Crippen LogP contribution in [0, 0.1) is 5.41 Å². The van der Waals surface area contributed by atoms with Crippen LogP contribution in [0.2, 0.25) is 0 Å². The highest BCUT2D eigenvalue weighted by atomic mass is 31.2. The molecule has 12 heteroatoms. The molecule has 1 amide bonds. The standard InChI is InChI=1S/C23H29N4O7P/c24-22(25)18-2-1-16(9-13-33-35(29,30)31)21(15-18)32-14-12-27-23(28)17-3-5-19(6-4-17)34-20-7-10-26-11-8-20/h1-6,9,13,15,20,26H,7-8,10-12,14H2,(H3,24,25)(H,27,28)(H2,29,30,31). The van der Waals surface area contributed by atoms with Gasteiger partial charge in [0.15, 0.2) is 0 Å². The molecule has 1 heterocycles. The van der Waals surface area contributed by atoms with Gasteiger partial charge in [-0.15, -0.1) is 0 Å². The molecule has 1 aliphatic heterocycles. The van der Waals surface area contributed by atoms with Gasteiger partial charge in [0, 0.05) is 16.7 Å². The Bertz CT molecular complexity index is 1100. The predicted octanol–water partition coefficient (Wildman–Crippen LogP) is 1.99. The molecule has 188 valence electrons. The minimum Gasteiger partial charge on any atom is -0.491 e. The van der Waals surface area contributed by atoms with Crippen molar-refractivity contribution in [3.8, 4) is 11.5 Å². The van der Waals surface area contributed by atoms with E-state index < -0.39 is 7.82 Å². The molecule has 0 radical (unpaired) electrons. The van der Waals surface area contributed by atoms with Crippen molar-refractivity contribution in [2.75, 3.05) is 26.2 Å². The van der Waals surface area contributed by atoms with Crippen LogP contribution < -0.4 is 25.8 Å². The zero-order valence-corrected chi connectivity index (χ0v) is 19.9. The van der Waals surface area contributed by atoms with E-state index in [1.165, 1.54) is 12.1 Å². The molecule has 0 bridgehead atoms. The highest BCUT2D eigenvalue weighted by Gasteiger charge is 2.15. The lowest BCUT2D eigenvalue weighted by atomic mass is 10.1. The Morgan fingerprint density at radius 2 is 1.86 bits per heavy atom. The molecule has 0 saturated carbocycles. The molecule has 2 aromatic rings. The van der Waals surface area contributed by atoms with Crippen LogP contribution in [0.15, 0.2) is 48.7 Å². The van der Waals surface area contributed by atoms with Crippen molar-refractivity contribution in [2.45, 2.75) is 18.9 Å². The van der Waals surface area contributed by atoms with Crippen LogP contribution in [0.3, 0.4) is 0 Å². The van der Waals surface area contributed by atoms with Gasteiger partial charge in [0.2, 0.25) is 0 Å². The molecular weight excluding hydrogens is 475 g/mol. The number of piperidine rings is 1. The van der Waals surface area contributed by atoms with Gasteiger partial charge in [-0.1, -0.05) is 12.1 Å². The summed E-state index contributed by atoms with van der Waals surface area (Å²) in [6.45, 7) is 2.17. The van der Waals surface area contributed by atoms with E-state index in [9.17, 15) is 9.36 Å². The van der Waals surface area contributed by atoms with Crippen molar-refractivity contribution >= 4 is 25.6 Å². The topological polar surface area (TPSA) is 176 Å². The van der Waals surface area contributed by atoms with Gasteiger partial charge >= 0.3 is 7.82 Å². The first-order chi connectivity index (χ1) is 16.7. The molecule has 1 saturated heterocycles. The highest BCUT2D eigenvalue weighted by molar-refractivity contribution is 7.46. The molecule has 2 aromatic carbocycles. The largest absolute Gasteiger partial charge is 0.524 e. The first-order valence-corrected chi connectivity index (χ1v) is 12.5. The Balaban J connectivity index is 1.52. The normalized spacial score (nSPS) is 14.5. The van der Waals surface area contributed by atoms with Crippen LogP contribution in [0.1, 0.15) is 34.3 Å². The van der Waals surface area contributed by atoms with Crippen molar-refractivity contribution < 1.29 is 33.1 Å². The Morgan fingerprint density at radius 3 is 2.51 bits per heavy atom. The average molecular weight is 504 g/mol. The van der Waals surface area contributed by atoms with E-state index in [-0.39, 0.29) is 31.0 Å². The number of hydrogen-bond acceptors (Lipinski definition) is 7. The van der Waals surface area contributed by atoms with Crippen LogP contribution in [-0.4, -0.2) is 53.9 Å². The second kappa shape index (κ2) is 12.4. The number of nitrogen functional groups attached to an aromatic ring is 1. The van der Waals surface area contributed by atoms with E-state index in [4.69, 9.17) is 30.4 Å². The van der Waals surface area contributed by atoms with Gasteiger partial charge in [-0.05, 0) is 62.3 Å². The fourth-order valence-electron chi connectivity index (χ4n) is 3.37. The van der Waals surface area contributed by atoms with Gasteiger partial charge in [0.1, 0.15) is 30.0 Å². The van der Waals surface area contributed by atoms with E-state index in [1.807, 2.05) is 0 Å². The number of nitrogens with two attached hydrogens (primary N) is 1. The molecule has 7 N–H and O–H groups in total. The minimum atomic E-state index is -4.66. The summed E-state index contributed by atoms with van der Waals surface area (Å²) >= 11 is 0. The van der Waals surface area contributed by atoms with Crippen molar-refractivity contribution in [1.82, 2.24) is 10.6 Å². The average Bonchev–Trinajstić information content (AvgIpc) is 2.82. The first kappa shape index (κ1) is 26.2. The van der Waals surface area contributed by atoms with Crippen LogP contribution in [0.5, 0.6) is 11.5 Å². The molecule has 0 atom stereocenters. The maximum absolute atomic E-state index is 12.4. The van der Waals surface area contributed by atoms with E-state index >= 15 is 0 Å². The SMILES string of the molecule is N=C(N)c1ccc(C=COP(=O)(O)O)c(OCCNC(=O)c2ccc(OC3CCNCC3)cc2)c1. The Kier molecular flexibility index (Phi) is 9.27. The van der Waals surface area contributed by atoms with Crippen molar-refractivity contribution in [3.05, 3.63) is 65.4 Å². The highest BCUT2D eigenvalue weighted by Crippen LogP contribution is 2.36. The third kappa shape index (κ3) is 8.73. The lowest BCUT2D eigenvalue weighted by molar-refractivity contribution is 0.0947. The quantitative estimate of drug-likeness (QED) is 0.0878. The summed E-state index contributed by atoms with van der Waals surface area (Å²) in [4.78, 5) is 30.0. The summed E-state index contributed by atoms with van der Waals surface area (Å²) in [5.74, 6) is 0.592. The fourth-order valence-corrected chi connectivity index (χ4v) is 3.59. The van der Waals surface area contributed by atoms with Gasteiger partial charge in [-0.2, -0.15) is 0 Å². The number of hydrogen-bond donors (Lipinski definition) is 6. The lowest BCUT2D eigenvalue weighted by Crippen LogP contribution is -2.34. The van der Waals surface area contributed by atoms with Gasteiger partial charge in [0.25, 0.3) is 5.91 Å². The number of rotatable bonds is 11. The summed E-state index contributed by atoms with van der Waals surface area (Å²) in [5, 5.41) is 13.6. The van der Waals surface area contributed by atoms with Gasteiger partial charge in [-0.25, -0.2) is 4.57 Å². The molecule has 0 aliphatic carbocycles. The number of carbonyl (C=O) groups excluding carboxylic acids is 1. The molecule has 1 aliphatic rings. The summed E-state index contributed by atoms with van der Waals surface area (Å²) < 4.78 is 26.8. The monoisotopic (exact) mass is 504 g/mol. The molecule has 11 nitrogen and oxygen atoms in total. The maximum atomic E-state index is 12.4. The van der Waals surface area contributed by atoms with Crippen LogP contribution in [0.25, 0.3) is 6.08 Å². The lowest BCUT2D eigenvalue weighted by Gasteiger charge is -2.23. The molecule has 0 unspecified atom stereocenters. The predicted molar refractivity (Wildman–Crippen MR) is 130 cm³/mol. The summed E-state index contributed by atoms with van der Waals surface area (Å²) in [6, 6.07) is 11.6.